The number of piperidine rings is 1. The maximum Gasteiger partial charge on any atom is 0.169 e. The minimum absolute atomic E-state index is 0.201. The zero-order valence-corrected chi connectivity index (χ0v) is 11.6. The molecule has 0 radical (unpaired) electrons. The van der Waals surface area contributed by atoms with Crippen LogP contribution in [0.2, 0.25) is 0 Å². The quantitative estimate of drug-likeness (QED) is 0.772. The fourth-order valence-electron chi connectivity index (χ4n) is 3.15. The average molecular weight is 256 g/mol. The van der Waals surface area contributed by atoms with Crippen molar-refractivity contribution in [1.82, 2.24) is 5.01 Å². The van der Waals surface area contributed by atoms with Gasteiger partial charge in [-0.1, -0.05) is 24.3 Å². The second kappa shape index (κ2) is 4.80. The van der Waals surface area contributed by atoms with Gasteiger partial charge in [-0.05, 0) is 33.1 Å². The third-order valence-electron chi connectivity index (χ3n) is 4.25. The monoisotopic (exact) mass is 256 g/mol. The van der Waals surface area contributed by atoms with Crippen LogP contribution in [0.4, 0.5) is 0 Å². The van der Waals surface area contributed by atoms with Gasteiger partial charge < -0.3 is 0 Å². The van der Waals surface area contributed by atoms with E-state index in [-0.39, 0.29) is 5.78 Å². The molecule has 0 N–H and O–H groups in total. The van der Waals surface area contributed by atoms with E-state index in [0.717, 1.165) is 16.8 Å². The number of ketones is 1. The Morgan fingerprint density at radius 2 is 1.74 bits per heavy atom. The summed E-state index contributed by atoms with van der Waals surface area (Å²) in [6.07, 6.45) is 4.11. The second-order valence-electron chi connectivity index (χ2n) is 5.70. The molecule has 1 heterocycles. The molecular weight excluding hydrogens is 236 g/mol. The zero-order chi connectivity index (χ0) is 13.4. The summed E-state index contributed by atoms with van der Waals surface area (Å²) in [5.74, 6) is 0.201. The first-order valence-corrected chi connectivity index (χ1v) is 7.15. The van der Waals surface area contributed by atoms with Gasteiger partial charge in [0.25, 0.3) is 0 Å². The van der Waals surface area contributed by atoms with Gasteiger partial charge in [0.2, 0.25) is 0 Å². The van der Waals surface area contributed by atoms with E-state index in [1.54, 1.807) is 0 Å². The molecule has 1 aliphatic carbocycles. The summed E-state index contributed by atoms with van der Waals surface area (Å²) in [4.78, 5) is 12.0. The minimum Gasteiger partial charge on any atom is -0.294 e. The number of carbonyl (C=O) groups is 1. The number of benzene rings is 1. The van der Waals surface area contributed by atoms with Crippen LogP contribution in [0.3, 0.4) is 0 Å². The number of hydrazone groups is 1. The van der Waals surface area contributed by atoms with Crippen LogP contribution in [-0.2, 0) is 0 Å². The lowest BCUT2D eigenvalue weighted by atomic mass is 10.00. The summed E-state index contributed by atoms with van der Waals surface area (Å²) >= 11 is 0. The molecule has 19 heavy (non-hydrogen) atoms. The van der Waals surface area contributed by atoms with Crippen LogP contribution in [0, 0.1) is 0 Å². The van der Waals surface area contributed by atoms with Crippen molar-refractivity contribution < 1.29 is 4.79 Å². The Bertz CT molecular complexity index is 525. The fraction of sp³-hybridized carbons (Fsp3) is 0.500. The molecule has 0 saturated carbocycles. The lowest BCUT2D eigenvalue weighted by Gasteiger charge is -2.37. The summed E-state index contributed by atoms with van der Waals surface area (Å²) in [6.45, 7) is 4.45. The maximum atomic E-state index is 12.0. The van der Waals surface area contributed by atoms with Gasteiger partial charge in [0, 0.05) is 23.2 Å². The highest BCUT2D eigenvalue weighted by molar-refractivity contribution is 6.26. The average Bonchev–Trinajstić information content (AvgIpc) is 2.72. The molecule has 1 saturated heterocycles. The second-order valence-corrected chi connectivity index (χ2v) is 5.70. The number of rotatable bonds is 1. The third-order valence-corrected chi connectivity index (χ3v) is 4.25. The summed E-state index contributed by atoms with van der Waals surface area (Å²) in [6, 6.07) is 8.77. The molecule has 3 nitrogen and oxygen atoms in total. The number of Topliss-reactive ketones (excluding diaryl/α,β-unsaturated/α-hetero) is 1. The van der Waals surface area contributed by atoms with Gasteiger partial charge in [-0.25, -0.2) is 0 Å². The van der Waals surface area contributed by atoms with Gasteiger partial charge in [0.05, 0.1) is 12.1 Å². The Balaban J connectivity index is 1.95. The van der Waals surface area contributed by atoms with Gasteiger partial charge in [-0.3, -0.25) is 9.80 Å². The Morgan fingerprint density at radius 1 is 1.11 bits per heavy atom. The molecule has 0 bridgehead atoms. The van der Waals surface area contributed by atoms with Crippen LogP contribution >= 0.6 is 0 Å². The maximum absolute atomic E-state index is 12.0. The van der Waals surface area contributed by atoms with Gasteiger partial charge in [-0.15, -0.1) is 0 Å². The first kappa shape index (κ1) is 12.4. The fourth-order valence-corrected chi connectivity index (χ4v) is 3.15. The van der Waals surface area contributed by atoms with Gasteiger partial charge in [0.15, 0.2) is 5.78 Å². The lowest BCUT2D eigenvalue weighted by Crippen LogP contribution is -2.40. The van der Waals surface area contributed by atoms with Crippen molar-refractivity contribution >= 4 is 11.5 Å². The standard InChI is InChI=1S/C16H20N2O/c1-11-6-5-7-12(2)18(11)17-15-10-16(19)14-9-4-3-8-13(14)15/h3-4,8-9,11-12H,5-7,10H2,1-2H3. The molecular formula is C16H20N2O. The van der Waals surface area contributed by atoms with E-state index in [9.17, 15) is 4.79 Å². The number of nitrogens with zero attached hydrogens (tertiary/aromatic N) is 2. The number of carbonyl (C=O) groups excluding carboxylic acids is 1. The summed E-state index contributed by atoms with van der Waals surface area (Å²) < 4.78 is 0. The molecule has 2 atom stereocenters. The van der Waals surface area contributed by atoms with Crippen molar-refractivity contribution in [2.24, 2.45) is 5.10 Å². The molecule has 1 aromatic rings. The Hall–Kier alpha value is -1.64. The highest BCUT2D eigenvalue weighted by Gasteiger charge is 2.28. The SMILES string of the molecule is CC1CCCC(C)N1N=C1CC(=O)c2ccccc21. The first-order chi connectivity index (χ1) is 9.16. The molecule has 0 spiro atoms. The topological polar surface area (TPSA) is 32.7 Å². The molecule has 3 heteroatoms. The predicted molar refractivity (Wildman–Crippen MR) is 76.5 cm³/mol. The van der Waals surface area contributed by atoms with Crippen LogP contribution < -0.4 is 0 Å². The van der Waals surface area contributed by atoms with Crippen LogP contribution in [0.5, 0.6) is 0 Å². The predicted octanol–water partition coefficient (Wildman–Crippen LogP) is 3.24. The van der Waals surface area contributed by atoms with E-state index in [4.69, 9.17) is 5.10 Å². The van der Waals surface area contributed by atoms with Crippen LogP contribution in [-0.4, -0.2) is 28.6 Å². The smallest absolute Gasteiger partial charge is 0.169 e. The normalized spacial score (nSPS) is 28.8. The van der Waals surface area contributed by atoms with Crippen LogP contribution in [0.1, 0.15) is 55.5 Å². The van der Waals surface area contributed by atoms with Crippen molar-refractivity contribution in [3.8, 4) is 0 Å². The molecule has 2 aliphatic rings. The number of hydrogen-bond donors (Lipinski definition) is 0. The minimum atomic E-state index is 0.201. The molecule has 1 aromatic carbocycles. The molecule has 3 rings (SSSR count). The largest absolute Gasteiger partial charge is 0.294 e. The highest BCUT2D eigenvalue weighted by atomic mass is 16.1. The van der Waals surface area contributed by atoms with Gasteiger partial charge >= 0.3 is 0 Å². The van der Waals surface area contributed by atoms with Crippen molar-refractivity contribution in [2.45, 2.75) is 51.6 Å². The zero-order valence-electron chi connectivity index (χ0n) is 11.6. The van der Waals surface area contributed by atoms with E-state index >= 15 is 0 Å². The molecule has 0 amide bonds. The Morgan fingerprint density at radius 3 is 2.42 bits per heavy atom. The third kappa shape index (κ3) is 2.18. The molecule has 100 valence electrons. The van der Waals surface area contributed by atoms with Crippen LogP contribution in [0.25, 0.3) is 0 Å². The van der Waals surface area contributed by atoms with E-state index < -0.39 is 0 Å². The summed E-state index contributed by atoms with van der Waals surface area (Å²) in [5, 5.41) is 7.02. The summed E-state index contributed by atoms with van der Waals surface area (Å²) in [7, 11) is 0. The first-order valence-electron chi connectivity index (χ1n) is 7.15. The number of hydrogen-bond acceptors (Lipinski definition) is 3. The molecule has 0 aromatic heterocycles. The lowest BCUT2D eigenvalue weighted by molar-refractivity contribution is 0.0997. The van der Waals surface area contributed by atoms with Gasteiger partial charge in [-0.2, -0.15) is 5.10 Å². The highest BCUT2D eigenvalue weighted by Crippen LogP contribution is 2.27. The van der Waals surface area contributed by atoms with Crippen LogP contribution in [0.15, 0.2) is 29.4 Å². The molecule has 1 aliphatic heterocycles. The Kier molecular flexibility index (Phi) is 3.13. The molecule has 2 unspecified atom stereocenters. The molecule has 1 fully saturated rings. The van der Waals surface area contributed by atoms with Gasteiger partial charge in [0.1, 0.15) is 0 Å². The van der Waals surface area contributed by atoms with E-state index in [0.29, 0.717) is 18.5 Å². The van der Waals surface area contributed by atoms with Crippen molar-refractivity contribution in [1.29, 1.82) is 0 Å². The van der Waals surface area contributed by atoms with E-state index in [2.05, 4.69) is 18.9 Å². The van der Waals surface area contributed by atoms with Crippen molar-refractivity contribution in [2.75, 3.05) is 0 Å². The summed E-state index contributed by atoms with van der Waals surface area (Å²) in [5.41, 5.74) is 2.80. The Labute approximate surface area is 114 Å². The van der Waals surface area contributed by atoms with Crippen molar-refractivity contribution in [3.63, 3.8) is 0 Å². The number of fused-ring (bicyclic) bond motifs is 1. The van der Waals surface area contributed by atoms with E-state index in [1.807, 2.05) is 24.3 Å². The van der Waals surface area contributed by atoms with E-state index in [1.165, 1.54) is 19.3 Å². The van der Waals surface area contributed by atoms with Crippen molar-refractivity contribution in [3.05, 3.63) is 35.4 Å².